The van der Waals surface area contributed by atoms with E-state index in [4.69, 9.17) is 0 Å². The average molecular weight is 524 g/mol. The molecule has 2 heterocycles. The third kappa shape index (κ3) is 5.32. The molecule has 0 spiro atoms. The van der Waals surface area contributed by atoms with Gasteiger partial charge in [-0.05, 0) is 86.2 Å². The Bertz CT molecular complexity index is 1520. The fourth-order valence-electron chi connectivity index (χ4n) is 4.77. The van der Waals surface area contributed by atoms with Crippen molar-refractivity contribution in [1.82, 2.24) is 0 Å². The van der Waals surface area contributed by atoms with Gasteiger partial charge in [-0.1, -0.05) is 78.6 Å². The van der Waals surface area contributed by atoms with E-state index in [2.05, 4.69) is 129 Å². The maximum atomic E-state index is 2.46. The van der Waals surface area contributed by atoms with E-state index in [9.17, 15) is 0 Å². The van der Waals surface area contributed by atoms with Crippen LogP contribution >= 0.6 is 23.1 Å². The van der Waals surface area contributed by atoms with Crippen molar-refractivity contribution < 1.29 is 4.57 Å². The van der Waals surface area contributed by atoms with Gasteiger partial charge in [0.05, 0.1) is 10.7 Å². The van der Waals surface area contributed by atoms with Crippen LogP contribution in [0.1, 0.15) is 54.5 Å². The highest BCUT2D eigenvalue weighted by molar-refractivity contribution is 8.03. The number of fused-ring (bicyclic) bond motifs is 2. The summed E-state index contributed by atoms with van der Waals surface area (Å²) < 4.78 is 3.83. The first-order valence-electron chi connectivity index (χ1n) is 13.2. The van der Waals surface area contributed by atoms with Gasteiger partial charge in [0.15, 0.2) is 0 Å². The molecule has 0 fully saturated rings. The van der Waals surface area contributed by atoms with Crippen LogP contribution in [0, 0.1) is 13.8 Å². The van der Waals surface area contributed by atoms with Gasteiger partial charge < -0.3 is 4.90 Å². The van der Waals surface area contributed by atoms with Gasteiger partial charge in [0.2, 0.25) is 5.52 Å². The van der Waals surface area contributed by atoms with Crippen LogP contribution < -0.4 is 9.47 Å². The molecule has 188 valence electrons. The summed E-state index contributed by atoms with van der Waals surface area (Å²) in [5, 5.41) is 2.64. The van der Waals surface area contributed by atoms with Crippen molar-refractivity contribution >= 4 is 57.2 Å². The van der Waals surface area contributed by atoms with Gasteiger partial charge >= 0.3 is 0 Å². The Labute approximate surface area is 229 Å². The molecule has 5 rings (SSSR count). The molecule has 1 aliphatic rings. The first-order valence-corrected chi connectivity index (χ1v) is 14.8. The summed E-state index contributed by atoms with van der Waals surface area (Å²) in [6, 6.07) is 22.0. The topological polar surface area (TPSA) is 7.12 Å². The highest BCUT2D eigenvalue weighted by atomic mass is 32.2. The zero-order valence-electron chi connectivity index (χ0n) is 22.4. The maximum Gasteiger partial charge on any atom is 0.263 e. The molecule has 37 heavy (non-hydrogen) atoms. The lowest BCUT2D eigenvalue weighted by atomic mass is 10.1. The van der Waals surface area contributed by atoms with Gasteiger partial charge in [0, 0.05) is 23.6 Å². The van der Waals surface area contributed by atoms with E-state index in [1.54, 1.807) is 0 Å². The van der Waals surface area contributed by atoms with E-state index in [-0.39, 0.29) is 0 Å². The first-order chi connectivity index (χ1) is 18.0. The maximum absolute atomic E-state index is 2.46. The predicted molar refractivity (Wildman–Crippen MR) is 164 cm³/mol. The smallest absolute Gasteiger partial charge is 0.263 e. The minimum Gasteiger partial charge on any atom is -0.335 e. The number of benzene rings is 3. The Morgan fingerprint density at radius 3 is 2.38 bits per heavy atom. The third-order valence-corrected chi connectivity index (χ3v) is 9.22. The van der Waals surface area contributed by atoms with E-state index in [0.717, 1.165) is 19.5 Å². The van der Waals surface area contributed by atoms with Crippen LogP contribution in [-0.4, -0.2) is 6.54 Å². The van der Waals surface area contributed by atoms with E-state index in [0.29, 0.717) is 0 Å². The highest BCUT2D eigenvalue weighted by Crippen LogP contribution is 2.47. The van der Waals surface area contributed by atoms with E-state index in [1.807, 2.05) is 23.1 Å². The molecule has 1 aromatic heterocycles. The second-order valence-corrected chi connectivity index (χ2v) is 11.6. The summed E-state index contributed by atoms with van der Waals surface area (Å²) in [4.78, 5) is 3.77. The molecule has 0 aliphatic carbocycles. The summed E-state index contributed by atoms with van der Waals surface area (Å²) in [7, 11) is 0. The Morgan fingerprint density at radius 2 is 1.65 bits per heavy atom. The van der Waals surface area contributed by atoms with E-state index < -0.39 is 0 Å². The summed E-state index contributed by atoms with van der Waals surface area (Å²) in [5.74, 6) is 0. The number of nitrogens with zero attached hydrogens (tertiary/aromatic N) is 2. The minimum atomic E-state index is 0.957. The van der Waals surface area contributed by atoms with E-state index >= 15 is 0 Å². The van der Waals surface area contributed by atoms with Crippen molar-refractivity contribution in [2.75, 3.05) is 11.4 Å². The Hall–Kier alpha value is -3.08. The molecule has 0 saturated heterocycles. The average Bonchev–Trinajstić information content (AvgIpc) is 3.43. The lowest BCUT2D eigenvalue weighted by Gasteiger charge is -2.18. The molecule has 2 nitrogen and oxygen atoms in total. The van der Waals surface area contributed by atoms with Gasteiger partial charge in [-0.3, -0.25) is 0 Å². The normalized spacial score (nSPS) is 14.9. The Balaban J connectivity index is 1.46. The third-order valence-electron chi connectivity index (χ3n) is 7.03. The summed E-state index contributed by atoms with van der Waals surface area (Å²) in [5.41, 5.74) is 9.19. The van der Waals surface area contributed by atoms with Crippen molar-refractivity contribution in [2.24, 2.45) is 0 Å². The number of allylic oxidation sites excluding steroid dienone is 2. The van der Waals surface area contributed by atoms with Crippen LogP contribution in [0.2, 0.25) is 0 Å². The van der Waals surface area contributed by atoms with Crippen LogP contribution in [-0.2, 0) is 6.54 Å². The van der Waals surface area contributed by atoms with Gasteiger partial charge in [-0.25, -0.2) is 0 Å². The van der Waals surface area contributed by atoms with Crippen molar-refractivity contribution in [3.8, 4) is 0 Å². The van der Waals surface area contributed by atoms with Gasteiger partial charge in [0.1, 0.15) is 11.2 Å². The number of rotatable bonds is 7. The molecule has 4 heteroatoms. The van der Waals surface area contributed by atoms with Crippen molar-refractivity contribution in [3.63, 3.8) is 0 Å². The first kappa shape index (κ1) is 25.6. The number of thioether (sulfide) groups is 1. The molecule has 0 unspecified atom stereocenters. The van der Waals surface area contributed by atoms with Crippen LogP contribution in [0.3, 0.4) is 0 Å². The zero-order chi connectivity index (χ0) is 25.9. The Kier molecular flexibility index (Phi) is 7.68. The fraction of sp³-hybridized carbons (Fsp3) is 0.242. The van der Waals surface area contributed by atoms with Crippen LogP contribution in [0.25, 0.3) is 28.4 Å². The molecule has 0 radical (unpaired) electrons. The van der Waals surface area contributed by atoms with Crippen molar-refractivity contribution in [3.05, 3.63) is 105 Å². The molecule has 0 bridgehead atoms. The monoisotopic (exact) mass is 523 g/mol. The summed E-state index contributed by atoms with van der Waals surface area (Å²) in [6.45, 7) is 13.1. The van der Waals surface area contributed by atoms with Gasteiger partial charge in [-0.15, -0.1) is 0 Å². The highest BCUT2D eigenvalue weighted by Gasteiger charge is 2.25. The molecular formula is C33H35N2S2+. The Morgan fingerprint density at radius 1 is 0.892 bits per heavy atom. The predicted octanol–water partition coefficient (Wildman–Crippen LogP) is 9.26. The summed E-state index contributed by atoms with van der Waals surface area (Å²) >= 11 is 3.79. The number of hydrogen-bond donors (Lipinski definition) is 0. The number of aryl methyl sites for hydroxylation is 3. The van der Waals surface area contributed by atoms with Crippen LogP contribution in [0.4, 0.5) is 5.69 Å². The molecular weight excluding hydrogens is 489 g/mol. The zero-order valence-corrected chi connectivity index (χ0v) is 24.0. The molecule has 0 N–H and O–H groups in total. The second-order valence-electron chi connectivity index (χ2n) is 9.46. The number of hydrogen-bond acceptors (Lipinski definition) is 3. The molecule has 0 amide bonds. The quantitative estimate of drug-likeness (QED) is 0.176. The van der Waals surface area contributed by atoms with E-state index in [1.165, 1.54) is 58.7 Å². The molecule has 0 atom stereocenters. The van der Waals surface area contributed by atoms with Crippen molar-refractivity contribution in [1.29, 1.82) is 0 Å². The van der Waals surface area contributed by atoms with Crippen molar-refractivity contribution in [2.45, 2.75) is 52.5 Å². The molecule has 3 aromatic carbocycles. The lowest BCUT2D eigenvalue weighted by Crippen LogP contribution is -2.33. The molecule has 0 saturated carbocycles. The van der Waals surface area contributed by atoms with Gasteiger partial charge in [0.25, 0.3) is 5.01 Å². The van der Waals surface area contributed by atoms with Crippen LogP contribution in [0.5, 0.6) is 0 Å². The molecule has 4 aromatic rings. The fourth-order valence-corrected chi connectivity index (χ4v) is 7.30. The largest absolute Gasteiger partial charge is 0.335 e. The SMILES string of the molecule is CCC(/C=C1\Sc2cc(/C=C/c3ccccc3)ccc2N1CC)=C\c1sc2cc(C)c(C)cc2[n+]1CC. The number of anilines is 1. The molecule has 1 aliphatic heterocycles. The minimum absolute atomic E-state index is 0.957. The van der Waals surface area contributed by atoms with Gasteiger partial charge in [-0.2, -0.15) is 4.57 Å². The number of thiazole rings is 1. The van der Waals surface area contributed by atoms with Crippen LogP contribution in [0.15, 0.2) is 82.2 Å². The standard InChI is InChI=1S/C33H35N2S2/c1-6-25(22-33-35(8-3)29-18-23(4)24(5)19-30(29)36-33)21-32-34(7-2)28-17-16-27(20-31(28)37-32)15-14-26-12-10-9-11-13-26/h9-22H,6-8H2,1-5H3/q+1/b15-14+. The lowest BCUT2D eigenvalue weighted by molar-refractivity contribution is -0.665. The second kappa shape index (κ2) is 11.1. The summed E-state index contributed by atoms with van der Waals surface area (Å²) in [6.07, 6.45) is 10.2. The number of aromatic nitrogens is 1.